The van der Waals surface area contributed by atoms with E-state index in [1.807, 2.05) is 41.8 Å². The molecule has 0 aliphatic carbocycles. The molecule has 0 aliphatic rings. The van der Waals surface area contributed by atoms with Crippen molar-refractivity contribution in [3.05, 3.63) is 88.7 Å². The number of aromatic nitrogens is 1. The molecule has 1 aromatic heterocycles. The molecule has 2 aromatic carbocycles. The highest BCUT2D eigenvalue weighted by Gasteiger charge is 2.17. The maximum Gasteiger partial charge on any atom is 0.271 e. The highest BCUT2D eigenvalue weighted by atomic mass is 19.1. The zero-order chi connectivity index (χ0) is 19.6. The van der Waals surface area contributed by atoms with Gasteiger partial charge >= 0.3 is 0 Å². The van der Waals surface area contributed by atoms with Gasteiger partial charge in [-0.05, 0) is 44.2 Å². The minimum Gasteiger partial charge on any atom is -0.318 e. The summed E-state index contributed by atoms with van der Waals surface area (Å²) >= 11 is 0. The number of nitrogens with zero attached hydrogens (tertiary/aromatic N) is 1. The summed E-state index contributed by atoms with van der Waals surface area (Å²) in [5, 5.41) is 0. The van der Waals surface area contributed by atoms with Crippen molar-refractivity contribution in [1.29, 1.82) is 0 Å². The molecule has 3 rings (SSSR count). The normalized spacial score (nSPS) is 10.5. The second-order valence-electron chi connectivity index (χ2n) is 6.02. The van der Waals surface area contributed by atoms with E-state index in [0.29, 0.717) is 17.3 Å². The number of benzene rings is 2. The molecule has 0 atom stereocenters. The molecule has 0 saturated heterocycles. The number of hydrogen-bond acceptors (Lipinski definition) is 2. The number of aryl methyl sites for hydroxylation is 1. The Morgan fingerprint density at radius 2 is 1.44 bits per heavy atom. The standard InChI is InChI=1S/C20H17F2N3O2/c1-12-8-18(13(2)25(12)17-6-4-3-5-7-17)20(27)24-23-19(26)14-9-15(21)11-16(22)10-14/h3-11H,1-2H3,(H,23,26)(H,24,27). The van der Waals surface area contributed by atoms with E-state index in [2.05, 4.69) is 10.9 Å². The van der Waals surface area contributed by atoms with Gasteiger partial charge in [0.2, 0.25) is 0 Å². The van der Waals surface area contributed by atoms with E-state index in [1.54, 1.807) is 13.0 Å². The average molecular weight is 369 g/mol. The van der Waals surface area contributed by atoms with Crippen molar-refractivity contribution in [1.82, 2.24) is 15.4 Å². The lowest BCUT2D eigenvalue weighted by Crippen LogP contribution is -2.41. The summed E-state index contributed by atoms with van der Waals surface area (Å²) in [6, 6.07) is 13.6. The van der Waals surface area contributed by atoms with Crippen LogP contribution >= 0.6 is 0 Å². The van der Waals surface area contributed by atoms with Crippen molar-refractivity contribution in [3.63, 3.8) is 0 Å². The van der Waals surface area contributed by atoms with E-state index < -0.39 is 23.4 Å². The number of carbonyl (C=O) groups is 2. The third kappa shape index (κ3) is 3.87. The Kier molecular flexibility index (Phi) is 5.03. The fourth-order valence-electron chi connectivity index (χ4n) is 2.91. The lowest BCUT2D eigenvalue weighted by Gasteiger charge is -2.10. The van der Waals surface area contributed by atoms with E-state index in [4.69, 9.17) is 0 Å². The number of rotatable bonds is 3. The third-order valence-corrected chi connectivity index (χ3v) is 4.10. The molecule has 138 valence electrons. The number of nitrogens with one attached hydrogen (secondary N) is 2. The number of hydrogen-bond donors (Lipinski definition) is 2. The molecular formula is C20H17F2N3O2. The molecule has 2 N–H and O–H groups in total. The number of carbonyl (C=O) groups excluding carboxylic acids is 2. The Bertz CT molecular complexity index is 993. The molecule has 27 heavy (non-hydrogen) atoms. The second-order valence-corrected chi connectivity index (χ2v) is 6.02. The van der Waals surface area contributed by atoms with Crippen LogP contribution in [0.1, 0.15) is 32.1 Å². The maximum absolute atomic E-state index is 13.2. The van der Waals surface area contributed by atoms with Gasteiger partial charge in [0.25, 0.3) is 11.8 Å². The van der Waals surface area contributed by atoms with E-state index >= 15 is 0 Å². The van der Waals surface area contributed by atoms with Gasteiger partial charge < -0.3 is 4.57 Å². The molecule has 5 nitrogen and oxygen atoms in total. The van der Waals surface area contributed by atoms with Crippen LogP contribution in [0.4, 0.5) is 8.78 Å². The summed E-state index contributed by atoms with van der Waals surface area (Å²) < 4.78 is 28.3. The van der Waals surface area contributed by atoms with Crippen LogP contribution in [0, 0.1) is 25.5 Å². The van der Waals surface area contributed by atoms with Gasteiger partial charge in [-0.25, -0.2) is 8.78 Å². The van der Waals surface area contributed by atoms with Gasteiger partial charge in [-0.15, -0.1) is 0 Å². The average Bonchev–Trinajstić information content (AvgIpc) is 2.93. The van der Waals surface area contributed by atoms with Gasteiger partial charge in [-0.1, -0.05) is 18.2 Å². The summed E-state index contributed by atoms with van der Waals surface area (Å²) in [5.74, 6) is -3.11. The van der Waals surface area contributed by atoms with E-state index in [0.717, 1.165) is 23.5 Å². The van der Waals surface area contributed by atoms with Gasteiger partial charge in [0.05, 0.1) is 5.56 Å². The molecular weight excluding hydrogens is 352 g/mol. The molecule has 0 fully saturated rings. The van der Waals surface area contributed by atoms with Gasteiger partial charge in [-0.3, -0.25) is 20.4 Å². The molecule has 0 unspecified atom stereocenters. The van der Waals surface area contributed by atoms with E-state index in [-0.39, 0.29) is 5.56 Å². The SMILES string of the molecule is Cc1cc(C(=O)NNC(=O)c2cc(F)cc(F)c2)c(C)n1-c1ccccc1. The van der Waals surface area contributed by atoms with Gasteiger partial charge in [0, 0.05) is 28.7 Å². The van der Waals surface area contributed by atoms with Crippen molar-refractivity contribution in [2.45, 2.75) is 13.8 Å². The van der Waals surface area contributed by atoms with Crippen molar-refractivity contribution in [3.8, 4) is 5.69 Å². The smallest absolute Gasteiger partial charge is 0.271 e. The van der Waals surface area contributed by atoms with Gasteiger partial charge in [0.15, 0.2) is 0 Å². The van der Waals surface area contributed by atoms with Crippen LogP contribution in [0.25, 0.3) is 5.69 Å². The molecule has 3 aromatic rings. The Hall–Kier alpha value is -3.48. The van der Waals surface area contributed by atoms with Crippen LogP contribution in [-0.2, 0) is 0 Å². The van der Waals surface area contributed by atoms with Crippen molar-refractivity contribution >= 4 is 11.8 Å². The highest BCUT2D eigenvalue weighted by Crippen LogP contribution is 2.20. The van der Waals surface area contributed by atoms with Crippen LogP contribution in [0.5, 0.6) is 0 Å². The Morgan fingerprint density at radius 3 is 2.07 bits per heavy atom. The quantitative estimate of drug-likeness (QED) is 0.695. The largest absolute Gasteiger partial charge is 0.318 e. The topological polar surface area (TPSA) is 63.1 Å². The predicted molar refractivity (Wildman–Crippen MR) is 96.5 cm³/mol. The first-order valence-corrected chi connectivity index (χ1v) is 8.18. The number of para-hydroxylation sites is 1. The number of hydrazine groups is 1. The molecule has 7 heteroatoms. The molecule has 1 heterocycles. The molecule has 2 amide bonds. The Labute approximate surface area is 154 Å². The van der Waals surface area contributed by atoms with Crippen molar-refractivity contribution in [2.24, 2.45) is 0 Å². The fourth-order valence-corrected chi connectivity index (χ4v) is 2.91. The van der Waals surface area contributed by atoms with Gasteiger partial charge in [0.1, 0.15) is 11.6 Å². The summed E-state index contributed by atoms with van der Waals surface area (Å²) in [5.41, 5.74) is 7.04. The first-order valence-electron chi connectivity index (χ1n) is 8.18. The summed E-state index contributed by atoms with van der Waals surface area (Å²) in [6.07, 6.45) is 0. The zero-order valence-electron chi connectivity index (χ0n) is 14.7. The Balaban J connectivity index is 1.76. The summed E-state index contributed by atoms with van der Waals surface area (Å²) in [7, 11) is 0. The fraction of sp³-hybridized carbons (Fsp3) is 0.100. The molecule has 0 spiro atoms. The minimum atomic E-state index is -0.877. The summed E-state index contributed by atoms with van der Waals surface area (Å²) in [6.45, 7) is 3.66. The Morgan fingerprint density at radius 1 is 0.852 bits per heavy atom. The zero-order valence-corrected chi connectivity index (χ0v) is 14.7. The van der Waals surface area contributed by atoms with E-state index in [9.17, 15) is 18.4 Å². The minimum absolute atomic E-state index is 0.234. The van der Waals surface area contributed by atoms with E-state index in [1.165, 1.54) is 0 Å². The maximum atomic E-state index is 13.2. The lowest BCUT2D eigenvalue weighted by molar-refractivity contribution is 0.0846. The number of halogens is 2. The van der Waals surface area contributed by atoms with Crippen LogP contribution in [0.2, 0.25) is 0 Å². The monoisotopic (exact) mass is 369 g/mol. The predicted octanol–water partition coefficient (Wildman–Crippen LogP) is 3.45. The molecule has 0 aliphatic heterocycles. The highest BCUT2D eigenvalue weighted by molar-refractivity contribution is 5.99. The third-order valence-electron chi connectivity index (χ3n) is 4.10. The first kappa shape index (κ1) is 18.3. The van der Waals surface area contributed by atoms with Crippen LogP contribution in [-0.4, -0.2) is 16.4 Å². The molecule has 0 bridgehead atoms. The van der Waals surface area contributed by atoms with Crippen LogP contribution in [0.3, 0.4) is 0 Å². The first-order chi connectivity index (χ1) is 12.9. The van der Waals surface area contributed by atoms with Crippen molar-refractivity contribution < 1.29 is 18.4 Å². The van der Waals surface area contributed by atoms with Crippen LogP contribution in [0.15, 0.2) is 54.6 Å². The van der Waals surface area contributed by atoms with Crippen molar-refractivity contribution in [2.75, 3.05) is 0 Å². The second kappa shape index (κ2) is 7.41. The van der Waals surface area contributed by atoms with Gasteiger partial charge in [-0.2, -0.15) is 0 Å². The number of amides is 2. The lowest BCUT2D eigenvalue weighted by atomic mass is 10.2. The summed E-state index contributed by atoms with van der Waals surface area (Å²) in [4.78, 5) is 24.4. The molecule has 0 saturated carbocycles. The molecule has 0 radical (unpaired) electrons. The van der Waals surface area contributed by atoms with Crippen LogP contribution < -0.4 is 10.9 Å².